The van der Waals surface area contributed by atoms with Gasteiger partial charge in [0, 0.05) is 12.8 Å². The summed E-state index contributed by atoms with van der Waals surface area (Å²) < 4.78 is 26.3. The number of esters is 2. The van der Waals surface area contributed by atoms with Crippen LogP contribution in [0.25, 0.3) is 0 Å². The van der Waals surface area contributed by atoms with Crippen molar-refractivity contribution in [3.05, 3.63) is 12.2 Å². The van der Waals surface area contributed by atoms with Crippen molar-refractivity contribution in [2.45, 2.75) is 213 Å². The molecule has 0 aliphatic rings. The van der Waals surface area contributed by atoms with Crippen LogP contribution < -0.4 is 0 Å². The van der Waals surface area contributed by atoms with Crippen LogP contribution in [0.15, 0.2) is 12.2 Å². The summed E-state index contributed by atoms with van der Waals surface area (Å²) in [5.41, 5.74) is 0. The number of phosphoric acid groups is 1. The van der Waals surface area contributed by atoms with Crippen LogP contribution in [0.1, 0.15) is 206 Å². The summed E-state index contributed by atoms with van der Waals surface area (Å²) in [6.07, 6.45) is 37.8. The summed E-state index contributed by atoms with van der Waals surface area (Å²) in [6, 6.07) is 0. The number of hydrogen-bond acceptors (Lipinski definition) is 6. The fourth-order valence-corrected chi connectivity index (χ4v) is 6.14. The van der Waals surface area contributed by atoms with Crippen molar-refractivity contribution >= 4 is 19.8 Å². The lowest BCUT2D eigenvalue weighted by Crippen LogP contribution is -2.29. The minimum Gasteiger partial charge on any atom is -0.462 e. The number of carbonyl (C=O) groups is 2. The van der Waals surface area contributed by atoms with Crippen molar-refractivity contribution in [2.75, 3.05) is 13.2 Å². The van der Waals surface area contributed by atoms with Gasteiger partial charge in [-0.1, -0.05) is 167 Å². The molecule has 0 aromatic heterocycles. The number of allylic oxidation sites excluding steroid dienone is 2. The number of phosphoric ester groups is 1. The molecule has 0 amide bonds. The molecule has 0 saturated heterocycles. The Labute approximate surface area is 295 Å². The van der Waals surface area contributed by atoms with Crippen molar-refractivity contribution < 1.29 is 37.9 Å². The van der Waals surface area contributed by atoms with Gasteiger partial charge in [0.05, 0.1) is 6.61 Å². The Balaban J connectivity index is 3.91. The first kappa shape index (κ1) is 46.8. The summed E-state index contributed by atoms with van der Waals surface area (Å²) in [4.78, 5) is 42.7. The fraction of sp³-hybridized carbons (Fsp3) is 0.897. The second-order valence-electron chi connectivity index (χ2n) is 13.6. The number of rotatable bonds is 37. The van der Waals surface area contributed by atoms with Crippen molar-refractivity contribution in [2.24, 2.45) is 0 Å². The summed E-state index contributed by atoms with van der Waals surface area (Å²) in [5, 5.41) is 0. The predicted molar refractivity (Wildman–Crippen MR) is 198 cm³/mol. The van der Waals surface area contributed by atoms with Crippen molar-refractivity contribution in [3.8, 4) is 0 Å². The highest BCUT2D eigenvalue weighted by molar-refractivity contribution is 7.46. The number of hydrogen-bond donors (Lipinski definition) is 2. The van der Waals surface area contributed by atoms with Crippen molar-refractivity contribution in [3.63, 3.8) is 0 Å². The second-order valence-corrected chi connectivity index (χ2v) is 14.9. The highest BCUT2D eigenvalue weighted by atomic mass is 31.2. The van der Waals surface area contributed by atoms with Gasteiger partial charge in [-0.05, 0) is 38.5 Å². The SMILES string of the molecule is CCCCCCCC/C=C\CCCCCCCCCC(=O)OC(COC(=O)CCCCCCCCCCCCCCC)COP(=O)(O)O. The normalized spacial score (nSPS) is 12.5. The first-order chi connectivity index (χ1) is 23.3. The lowest BCUT2D eigenvalue weighted by atomic mass is 10.0. The Morgan fingerprint density at radius 1 is 0.521 bits per heavy atom. The van der Waals surface area contributed by atoms with Gasteiger partial charge >= 0.3 is 19.8 Å². The fourth-order valence-electron chi connectivity index (χ4n) is 5.78. The molecule has 0 heterocycles. The van der Waals surface area contributed by atoms with Crippen LogP contribution in [-0.2, 0) is 28.2 Å². The third kappa shape index (κ3) is 37.6. The van der Waals surface area contributed by atoms with E-state index in [-0.39, 0.29) is 19.4 Å². The predicted octanol–water partition coefficient (Wildman–Crippen LogP) is 11.8. The molecule has 0 rings (SSSR count). The molecule has 1 atom stereocenters. The summed E-state index contributed by atoms with van der Waals surface area (Å²) in [6.45, 7) is 3.69. The molecule has 0 fully saturated rings. The molecule has 0 radical (unpaired) electrons. The van der Waals surface area contributed by atoms with E-state index in [0.29, 0.717) is 6.42 Å². The highest BCUT2D eigenvalue weighted by Gasteiger charge is 2.22. The molecular formula is C39H75O8P. The van der Waals surface area contributed by atoms with E-state index in [0.717, 1.165) is 44.9 Å². The molecule has 284 valence electrons. The summed E-state index contributed by atoms with van der Waals surface area (Å²) >= 11 is 0. The Bertz CT molecular complexity index is 797. The molecule has 0 bridgehead atoms. The smallest absolute Gasteiger partial charge is 0.462 e. The Morgan fingerprint density at radius 2 is 0.875 bits per heavy atom. The van der Waals surface area contributed by atoms with Gasteiger partial charge < -0.3 is 19.3 Å². The van der Waals surface area contributed by atoms with E-state index < -0.39 is 32.5 Å². The van der Waals surface area contributed by atoms with Gasteiger partial charge in [0.25, 0.3) is 0 Å². The van der Waals surface area contributed by atoms with Gasteiger partial charge in [0.1, 0.15) is 6.61 Å². The van der Waals surface area contributed by atoms with Crippen LogP contribution in [-0.4, -0.2) is 41.0 Å². The van der Waals surface area contributed by atoms with Gasteiger partial charge in [-0.15, -0.1) is 0 Å². The van der Waals surface area contributed by atoms with E-state index >= 15 is 0 Å². The van der Waals surface area contributed by atoms with E-state index in [1.807, 2.05) is 0 Å². The van der Waals surface area contributed by atoms with E-state index in [9.17, 15) is 14.2 Å². The van der Waals surface area contributed by atoms with Crippen molar-refractivity contribution in [1.82, 2.24) is 0 Å². The molecule has 2 N–H and O–H groups in total. The zero-order chi connectivity index (χ0) is 35.4. The molecule has 8 nitrogen and oxygen atoms in total. The molecule has 0 saturated carbocycles. The highest BCUT2D eigenvalue weighted by Crippen LogP contribution is 2.36. The Morgan fingerprint density at radius 3 is 1.27 bits per heavy atom. The van der Waals surface area contributed by atoms with Gasteiger partial charge in [-0.2, -0.15) is 0 Å². The van der Waals surface area contributed by atoms with Crippen LogP contribution in [0, 0.1) is 0 Å². The molecule has 0 spiro atoms. The first-order valence-electron chi connectivity index (χ1n) is 20.0. The maximum absolute atomic E-state index is 12.4. The number of carbonyl (C=O) groups excluding carboxylic acids is 2. The lowest BCUT2D eigenvalue weighted by molar-refractivity contribution is -0.161. The maximum atomic E-state index is 12.4. The molecule has 1 unspecified atom stereocenters. The van der Waals surface area contributed by atoms with Crippen LogP contribution in [0.3, 0.4) is 0 Å². The minimum absolute atomic E-state index is 0.211. The van der Waals surface area contributed by atoms with Gasteiger partial charge in [-0.25, -0.2) is 4.57 Å². The molecule has 0 aliphatic carbocycles. The Kier molecular flexibility index (Phi) is 34.7. The van der Waals surface area contributed by atoms with E-state index in [1.165, 1.54) is 128 Å². The number of ether oxygens (including phenoxy) is 2. The van der Waals surface area contributed by atoms with E-state index in [4.69, 9.17) is 19.3 Å². The first-order valence-corrected chi connectivity index (χ1v) is 21.5. The van der Waals surface area contributed by atoms with E-state index in [1.54, 1.807) is 0 Å². The minimum atomic E-state index is -4.75. The standard InChI is InChI=1S/C39H75O8P/c1-3-5-7-9-11-13-15-17-18-19-20-22-24-26-28-30-32-34-39(41)47-37(36-46-48(42,43)44)35-45-38(40)33-31-29-27-25-23-21-16-14-12-10-8-6-4-2/h17-18,37H,3-16,19-36H2,1-2H3,(H2,42,43,44)/b18-17-. The van der Waals surface area contributed by atoms with Gasteiger partial charge in [0.2, 0.25) is 0 Å². The quantitative estimate of drug-likeness (QED) is 0.0284. The Hall–Kier alpha value is -1.21. The van der Waals surface area contributed by atoms with Gasteiger partial charge in [0.15, 0.2) is 6.10 Å². The molecule has 48 heavy (non-hydrogen) atoms. The summed E-state index contributed by atoms with van der Waals surface area (Å²) in [5.74, 6) is -0.880. The molecular weight excluding hydrogens is 627 g/mol. The zero-order valence-electron chi connectivity index (χ0n) is 31.2. The van der Waals surface area contributed by atoms with Crippen LogP contribution >= 0.6 is 7.82 Å². The van der Waals surface area contributed by atoms with Gasteiger partial charge in [-0.3, -0.25) is 14.1 Å². The van der Waals surface area contributed by atoms with Crippen molar-refractivity contribution in [1.29, 1.82) is 0 Å². The second kappa shape index (κ2) is 35.6. The third-order valence-corrected chi connectivity index (χ3v) is 9.27. The maximum Gasteiger partial charge on any atom is 0.469 e. The largest absolute Gasteiger partial charge is 0.469 e. The average molecular weight is 703 g/mol. The third-order valence-electron chi connectivity index (χ3n) is 8.78. The molecule has 0 aromatic rings. The molecule has 0 aromatic carbocycles. The average Bonchev–Trinajstić information content (AvgIpc) is 3.05. The monoisotopic (exact) mass is 703 g/mol. The number of unbranched alkanes of at least 4 members (excludes halogenated alkanes) is 25. The summed E-state index contributed by atoms with van der Waals surface area (Å²) in [7, 11) is -4.75. The van der Waals surface area contributed by atoms with Crippen LogP contribution in [0.4, 0.5) is 0 Å². The molecule has 9 heteroatoms. The molecule has 0 aliphatic heterocycles. The lowest BCUT2D eigenvalue weighted by Gasteiger charge is -2.18. The topological polar surface area (TPSA) is 119 Å². The van der Waals surface area contributed by atoms with E-state index in [2.05, 4.69) is 30.5 Å². The zero-order valence-corrected chi connectivity index (χ0v) is 32.0. The van der Waals surface area contributed by atoms with Crippen LogP contribution in [0.2, 0.25) is 0 Å². The van der Waals surface area contributed by atoms with Crippen LogP contribution in [0.5, 0.6) is 0 Å².